The molecule has 2 heterocycles. The van der Waals surface area contributed by atoms with E-state index in [2.05, 4.69) is 4.90 Å². The summed E-state index contributed by atoms with van der Waals surface area (Å²) in [6.07, 6.45) is 0.783. The van der Waals surface area contributed by atoms with Crippen molar-refractivity contribution in [3.63, 3.8) is 0 Å². The SMILES string of the molecule is COc1ccc(CN2CC3(C[C@@H]2C(=O)NO)SCCS3)cc1. The first-order chi connectivity index (χ1) is 10.7. The number of hydrogen-bond donors (Lipinski definition) is 2. The van der Waals surface area contributed by atoms with Crippen LogP contribution in [0, 0.1) is 0 Å². The van der Waals surface area contributed by atoms with E-state index in [1.807, 2.05) is 53.3 Å². The third-order valence-corrected chi connectivity index (χ3v) is 7.59. The van der Waals surface area contributed by atoms with E-state index >= 15 is 0 Å². The van der Waals surface area contributed by atoms with Gasteiger partial charge in [0.25, 0.3) is 5.91 Å². The van der Waals surface area contributed by atoms with Gasteiger partial charge in [-0.2, -0.15) is 0 Å². The monoisotopic (exact) mass is 340 g/mol. The summed E-state index contributed by atoms with van der Waals surface area (Å²) >= 11 is 3.89. The molecular weight excluding hydrogens is 320 g/mol. The fraction of sp³-hybridized carbons (Fsp3) is 0.533. The Labute approximate surface area is 138 Å². The number of rotatable bonds is 4. The first-order valence-electron chi connectivity index (χ1n) is 7.25. The number of amides is 1. The molecule has 2 saturated heterocycles. The smallest absolute Gasteiger partial charge is 0.260 e. The topological polar surface area (TPSA) is 61.8 Å². The van der Waals surface area contributed by atoms with Crippen molar-refractivity contribution in [3.05, 3.63) is 29.8 Å². The maximum absolute atomic E-state index is 12.0. The van der Waals surface area contributed by atoms with E-state index in [1.54, 1.807) is 7.11 Å². The summed E-state index contributed by atoms with van der Waals surface area (Å²) in [5.74, 6) is 2.79. The van der Waals surface area contributed by atoms with Crippen molar-refractivity contribution in [1.29, 1.82) is 0 Å². The molecule has 22 heavy (non-hydrogen) atoms. The maximum atomic E-state index is 12.0. The van der Waals surface area contributed by atoms with Crippen molar-refractivity contribution in [2.75, 3.05) is 25.2 Å². The van der Waals surface area contributed by atoms with E-state index in [-0.39, 0.29) is 16.0 Å². The minimum atomic E-state index is -0.307. The third kappa shape index (κ3) is 3.22. The Bertz CT molecular complexity index is 532. The molecular formula is C15H20N2O3S2. The van der Waals surface area contributed by atoms with Crippen LogP contribution in [0.25, 0.3) is 0 Å². The zero-order valence-electron chi connectivity index (χ0n) is 12.4. The molecule has 3 rings (SSSR count). The van der Waals surface area contributed by atoms with Gasteiger partial charge in [-0.15, -0.1) is 23.5 Å². The van der Waals surface area contributed by atoms with Gasteiger partial charge in [0.05, 0.1) is 17.2 Å². The number of nitrogens with zero attached hydrogens (tertiary/aromatic N) is 1. The lowest BCUT2D eigenvalue weighted by Gasteiger charge is -2.23. The fourth-order valence-corrected chi connectivity index (χ4v) is 6.39. The summed E-state index contributed by atoms with van der Waals surface area (Å²) in [5, 5.41) is 9.02. The van der Waals surface area contributed by atoms with Crippen LogP contribution in [0.5, 0.6) is 5.75 Å². The van der Waals surface area contributed by atoms with Crippen LogP contribution in [0.2, 0.25) is 0 Å². The van der Waals surface area contributed by atoms with E-state index in [9.17, 15) is 4.79 Å². The number of thioether (sulfide) groups is 2. The number of carbonyl (C=O) groups excluding carboxylic acids is 1. The normalized spacial score (nSPS) is 23.8. The van der Waals surface area contributed by atoms with E-state index in [0.29, 0.717) is 6.54 Å². The second-order valence-electron chi connectivity index (χ2n) is 5.56. The van der Waals surface area contributed by atoms with Crippen molar-refractivity contribution in [1.82, 2.24) is 10.4 Å². The number of methoxy groups -OCH3 is 1. The molecule has 120 valence electrons. The van der Waals surface area contributed by atoms with Crippen LogP contribution in [0.3, 0.4) is 0 Å². The van der Waals surface area contributed by atoms with Crippen molar-refractivity contribution in [3.8, 4) is 5.75 Å². The summed E-state index contributed by atoms with van der Waals surface area (Å²) in [7, 11) is 1.65. The highest BCUT2D eigenvalue weighted by molar-refractivity contribution is 8.21. The number of hydrogen-bond acceptors (Lipinski definition) is 6. The van der Waals surface area contributed by atoms with Crippen molar-refractivity contribution in [2.45, 2.75) is 23.1 Å². The Kier molecular flexibility index (Phi) is 4.87. The molecule has 1 amide bonds. The number of ether oxygens (including phenoxy) is 1. The highest BCUT2D eigenvalue weighted by atomic mass is 32.2. The zero-order valence-corrected chi connectivity index (χ0v) is 14.1. The predicted octanol–water partition coefficient (Wildman–Crippen LogP) is 1.95. The molecule has 5 nitrogen and oxygen atoms in total. The Hall–Kier alpha value is -0.890. The van der Waals surface area contributed by atoms with Crippen LogP contribution in [-0.2, 0) is 11.3 Å². The molecule has 0 aliphatic carbocycles. The van der Waals surface area contributed by atoms with Crippen molar-refractivity contribution >= 4 is 29.4 Å². The Balaban J connectivity index is 1.75. The molecule has 0 aromatic heterocycles. The van der Waals surface area contributed by atoms with E-state index in [4.69, 9.17) is 9.94 Å². The van der Waals surface area contributed by atoms with Gasteiger partial charge in [-0.05, 0) is 24.1 Å². The standard InChI is InChI=1S/C15H20N2O3S2/c1-20-12-4-2-11(3-5-12)9-17-10-15(21-6-7-22-15)8-13(17)14(18)16-19/h2-5,13,19H,6-10H2,1H3,(H,16,18)/t13-/m1/s1. The van der Waals surface area contributed by atoms with Crippen LogP contribution < -0.4 is 10.2 Å². The predicted molar refractivity (Wildman–Crippen MR) is 89.4 cm³/mol. The molecule has 2 aliphatic heterocycles. The third-order valence-electron chi connectivity index (χ3n) is 4.16. The van der Waals surface area contributed by atoms with Gasteiger partial charge < -0.3 is 4.74 Å². The lowest BCUT2D eigenvalue weighted by molar-refractivity contribution is -0.134. The molecule has 2 aliphatic rings. The summed E-state index contributed by atoms with van der Waals surface area (Å²) in [5.41, 5.74) is 2.97. The van der Waals surface area contributed by atoms with Crippen molar-refractivity contribution < 1.29 is 14.7 Å². The fourth-order valence-electron chi connectivity index (χ4n) is 3.08. The summed E-state index contributed by atoms with van der Waals surface area (Å²) in [4.78, 5) is 14.2. The van der Waals surface area contributed by atoms with Gasteiger partial charge in [0.2, 0.25) is 0 Å². The highest BCUT2D eigenvalue weighted by Crippen LogP contribution is 2.52. The number of hydroxylamine groups is 1. The van der Waals surface area contributed by atoms with Crippen molar-refractivity contribution in [2.24, 2.45) is 0 Å². The molecule has 0 bridgehead atoms. The highest BCUT2D eigenvalue weighted by Gasteiger charge is 2.49. The zero-order chi connectivity index (χ0) is 15.6. The van der Waals surface area contributed by atoms with Gasteiger partial charge >= 0.3 is 0 Å². The molecule has 2 fully saturated rings. The van der Waals surface area contributed by atoms with Crippen LogP contribution in [0.4, 0.5) is 0 Å². The Morgan fingerprint density at radius 2 is 2.09 bits per heavy atom. The van der Waals surface area contributed by atoms with E-state index in [0.717, 1.165) is 35.8 Å². The first kappa shape index (κ1) is 16.0. The molecule has 0 unspecified atom stereocenters. The van der Waals surface area contributed by atoms with E-state index in [1.165, 1.54) is 0 Å². The second-order valence-corrected chi connectivity index (χ2v) is 8.77. The molecule has 1 aromatic rings. The summed E-state index contributed by atoms with van der Waals surface area (Å²) < 4.78 is 5.28. The second kappa shape index (κ2) is 6.70. The summed E-state index contributed by atoms with van der Waals surface area (Å²) in [6.45, 7) is 1.57. The van der Waals surface area contributed by atoms with Gasteiger partial charge in [-0.1, -0.05) is 12.1 Å². The molecule has 2 N–H and O–H groups in total. The van der Waals surface area contributed by atoms with E-state index < -0.39 is 0 Å². The number of benzene rings is 1. The van der Waals surface area contributed by atoms with Gasteiger partial charge in [-0.25, -0.2) is 5.48 Å². The number of likely N-dealkylation sites (tertiary alicyclic amines) is 1. The minimum Gasteiger partial charge on any atom is -0.497 e. The maximum Gasteiger partial charge on any atom is 0.260 e. The molecule has 1 atom stereocenters. The lowest BCUT2D eigenvalue weighted by Crippen LogP contribution is -2.41. The minimum absolute atomic E-state index is 0.101. The van der Waals surface area contributed by atoms with Crippen LogP contribution in [-0.4, -0.2) is 51.3 Å². The Morgan fingerprint density at radius 1 is 1.41 bits per heavy atom. The average Bonchev–Trinajstić information content (AvgIpc) is 3.15. The average molecular weight is 340 g/mol. The molecule has 1 spiro atoms. The summed E-state index contributed by atoms with van der Waals surface area (Å²) in [6, 6.07) is 7.63. The van der Waals surface area contributed by atoms with Crippen LogP contribution >= 0.6 is 23.5 Å². The first-order valence-corrected chi connectivity index (χ1v) is 9.22. The Morgan fingerprint density at radius 3 is 2.68 bits per heavy atom. The molecule has 1 aromatic carbocycles. The molecule has 0 radical (unpaired) electrons. The van der Waals surface area contributed by atoms with Crippen LogP contribution in [0.15, 0.2) is 24.3 Å². The van der Waals surface area contributed by atoms with Gasteiger partial charge in [0.1, 0.15) is 5.75 Å². The van der Waals surface area contributed by atoms with Gasteiger partial charge in [0, 0.05) is 24.6 Å². The largest absolute Gasteiger partial charge is 0.497 e. The number of nitrogens with one attached hydrogen (secondary N) is 1. The van der Waals surface area contributed by atoms with Gasteiger partial charge in [0.15, 0.2) is 0 Å². The van der Waals surface area contributed by atoms with Gasteiger partial charge in [-0.3, -0.25) is 14.9 Å². The lowest BCUT2D eigenvalue weighted by atomic mass is 10.1. The molecule has 7 heteroatoms. The van der Waals surface area contributed by atoms with Crippen LogP contribution in [0.1, 0.15) is 12.0 Å². The molecule has 0 saturated carbocycles. The quantitative estimate of drug-likeness (QED) is 0.645. The number of carbonyl (C=O) groups is 1.